The van der Waals surface area contributed by atoms with Crippen molar-refractivity contribution >= 4 is 20.0 Å². The number of aryl methyl sites for hydroxylation is 1. The van der Waals surface area contributed by atoms with Gasteiger partial charge in [0.1, 0.15) is 25.0 Å². The predicted octanol–water partition coefficient (Wildman–Crippen LogP) is -1.26. The molecule has 1 aromatic heterocycles. The Labute approximate surface area is 156 Å². The fourth-order valence-corrected chi connectivity index (χ4v) is 1.03. The smallest absolute Gasteiger partial charge is 0.394 e. The van der Waals surface area contributed by atoms with Crippen molar-refractivity contribution in [3.8, 4) is 0 Å². The summed E-state index contributed by atoms with van der Waals surface area (Å²) in [6, 6.07) is 0. The SMILES string of the molecule is CCn1cc[n+](CC(O)CO)c1.NS(=O)(=O)C(F)(F)F.NS(=O)(=O)C(F)(F)F. The number of aliphatic hydroxyl groups excluding tert-OH is 2. The number of imidazole rings is 1. The minimum Gasteiger partial charge on any atom is -0.394 e. The lowest BCUT2D eigenvalue weighted by molar-refractivity contribution is -0.703. The minimum atomic E-state index is -5.34. The molecule has 0 aromatic carbocycles. The van der Waals surface area contributed by atoms with E-state index in [1.165, 1.54) is 0 Å². The average molecular weight is 469 g/mol. The van der Waals surface area contributed by atoms with Crippen LogP contribution in [0.5, 0.6) is 0 Å². The fourth-order valence-electron chi connectivity index (χ4n) is 1.03. The summed E-state index contributed by atoms with van der Waals surface area (Å²) in [4.78, 5) is 0. The molecule has 1 atom stereocenters. The van der Waals surface area contributed by atoms with Gasteiger partial charge < -0.3 is 10.2 Å². The second-order valence-electron chi connectivity index (χ2n) is 4.76. The van der Waals surface area contributed by atoms with Crippen LogP contribution >= 0.6 is 0 Å². The van der Waals surface area contributed by atoms with E-state index in [4.69, 9.17) is 10.2 Å². The Bertz CT molecular complexity index is 748. The number of alkyl halides is 6. The third-order valence-corrected chi connectivity index (χ3v) is 3.68. The van der Waals surface area contributed by atoms with Crippen molar-refractivity contribution in [2.75, 3.05) is 6.61 Å². The molecule has 168 valence electrons. The Morgan fingerprint density at radius 3 is 1.61 bits per heavy atom. The lowest BCUT2D eigenvalue weighted by Gasteiger charge is -2.01. The molecule has 0 aliphatic heterocycles. The number of halogens is 6. The van der Waals surface area contributed by atoms with Crippen molar-refractivity contribution in [2.45, 2.75) is 37.1 Å². The van der Waals surface area contributed by atoms with E-state index in [-0.39, 0.29) is 6.61 Å². The first-order chi connectivity index (χ1) is 12.3. The Hall–Kier alpha value is -1.47. The first-order valence-electron chi connectivity index (χ1n) is 6.78. The van der Waals surface area contributed by atoms with Gasteiger partial charge in [0.2, 0.25) is 6.33 Å². The van der Waals surface area contributed by atoms with Gasteiger partial charge in [0.25, 0.3) is 0 Å². The van der Waals surface area contributed by atoms with E-state index in [1.54, 1.807) is 0 Å². The van der Waals surface area contributed by atoms with Crippen LogP contribution in [0.25, 0.3) is 0 Å². The summed E-state index contributed by atoms with van der Waals surface area (Å²) in [7, 11) is -10.7. The third-order valence-electron chi connectivity index (χ3n) is 2.39. The molecule has 6 N–H and O–H groups in total. The first-order valence-corrected chi connectivity index (χ1v) is 9.87. The summed E-state index contributed by atoms with van der Waals surface area (Å²) in [5.74, 6) is 0. The van der Waals surface area contributed by atoms with Crippen molar-refractivity contribution in [2.24, 2.45) is 10.3 Å². The number of aromatic nitrogens is 2. The summed E-state index contributed by atoms with van der Waals surface area (Å²) < 4.78 is 106. The van der Waals surface area contributed by atoms with Gasteiger partial charge in [-0.3, -0.25) is 0 Å². The highest BCUT2D eigenvalue weighted by Gasteiger charge is 2.43. The van der Waals surface area contributed by atoms with E-state index in [0.717, 1.165) is 6.54 Å². The maximum atomic E-state index is 10.8. The van der Waals surface area contributed by atoms with Crippen LogP contribution in [0.2, 0.25) is 0 Å². The lowest BCUT2D eigenvalue weighted by Crippen LogP contribution is -2.39. The van der Waals surface area contributed by atoms with Crippen LogP contribution in [0.4, 0.5) is 26.3 Å². The number of sulfonamides is 2. The van der Waals surface area contributed by atoms with Gasteiger partial charge in [0.15, 0.2) is 0 Å². The van der Waals surface area contributed by atoms with Gasteiger partial charge in [-0.15, -0.1) is 0 Å². The van der Waals surface area contributed by atoms with Crippen LogP contribution in [-0.4, -0.2) is 55.3 Å². The van der Waals surface area contributed by atoms with Crippen molar-refractivity contribution < 1.29 is 58.0 Å². The largest absolute Gasteiger partial charge is 0.511 e. The van der Waals surface area contributed by atoms with Crippen LogP contribution in [0.3, 0.4) is 0 Å². The van der Waals surface area contributed by atoms with Gasteiger partial charge in [-0.05, 0) is 6.92 Å². The van der Waals surface area contributed by atoms with Crippen LogP contribution < -0.4 is 14.8 Å². The number of primary sulfonamides is 2. The Balaban J connectivity index is 0. The minimum absolute atomic E-state index is 0.190. The van der Waals surface area contributed by atoms with Gasteiger partial charge in [0.05, 0.1) is 13.2 Å². The normalized spacial score (nSPS) is 13.7. The fraction of sp³-hybridized carbons (Fsp3) is 0.700. The molecule has 0 fully saturated rings. The maximum absolute atomic E-state index is 10.8. The van der Waals surface area contributed by atoms with Crippen molar-refractivity contribution in [1.29, 1.82) is 0 Å². The molecule has 18 heteroatoms. The molecule has 0 saturated carbocycles. The van der Waals surface area contributed by atoms with Gasteiger partial charge in [-0.1, -0.05) is 0 Å². The second kappa shape index (κ2) is 10.9. The molecule has 0 aliphatic carbocycles. The highest BCUT2D eigenvalue weighted by atomic mass is 32.2. The maximum Gasteiger partial charge on any atom is 0.511 e. The van der Waals surface area contributed by atoms with E-state index in [1.807, 2.05) is 34.8 Å². The quantitative estimate of drug-likeness (QED) is 0.317. The molecule has 0 radical (unpaired) electrons. The molecule has 1 unspecified atom stereocenters. The van der Waals surface area contributed by atoms with E-state index in [9.17, 15) is 43.2 Å². The number of rotatable bonds is 4. The van der Waals surface area contributed by atoms with E-state index < -0.39 is 37.2 Å². The third kappa shape index (κ3) is 12.1. The van der Waals surface area contributed by atoms with Gasteiger partial charge >= 0.3 is 31.1 Å². The Kier molecular flexibility index (Phi) is 11.2. The average Bonchev–Trinajstić information content (AvgIpc) is 2.91. The summed E-state index contributed by atoms with van der Waals surface area (Å²) in [6.45, 7) is 3.23. The van der Waals surface area contributed by atoms with Gasteiger partial charge in [0, 0.05) is 0 Å². The summed E-state index contributed by atoms with van der Waals surface area (Å²) >= 11 is 0. The Morgan fingerprint density at radius 2 is 1.39 bits per heavy atom. The molecular weight excluding hydrogens is 450 g/mol. The molecule has 0 aliphatic rings. The van der Waals surface area contributed by atoms with Crippen molar-refractivity contribution in [1.82, 2.24) is 4.57 Å². The Morgan fingerprint density at radius 1 is 1.04 bits per heavy atom. The van der Waals surface area contributed by atoms with Gasteiger partial charge in [-0.25, -0.2) is 36.2 Å². The highest BCUT2D eigenvalue weighted by Crippen LogP contribution is 2.19. The van der Waals surface area contributed by atoms with Gasteiger partial charge in [-0.2, -0.15) is 26.3 Å². The molecule has 0 bridgehead atoms. The van der Waals surface area contributed by atoms with Crippen LogP contribution in [0.1, 0.15) is 6.92 Å². The van der Waals surface area contributed by atoms with E-state index in [0.29, 0.717) is 6.54 Å². The zero-order valence-electron chi connectivity index (χ0n) is 14.1. The molecule has 0 amide bonds. The van der Waals surface area contributed by atoms with Crippen molar-refractivity contribution in [3.63, 3.8) is 0 Å². The lowest BCUT2D eigenvalue weighted by atomic mass is 10.4. The molecule has 1 rings (SSSR count). The number of aliphatic hydroxyl groups is 2. The number of nitrogens with two attached hydrogens (primary N) is 2. The van der Waals surface area contributed by atoms with Crippen LogP contribution in [0.15, 0.2) is 18.7 Å². The number of nitrogens with zero attached hydrogens (tertiary/aromatic N) is 2. The molecule has 10 nitrogen and oxygen atoms in total. The van der Waals surface area contributed by atoms with Crippen molar-refractivity contribution in [3.05, 3.63) is 18.7 Å². The highest BCUT2D eigenvalue weighted by molar-refractivity contribution is 7.90. The molecular formula is C10H19F6N4O6S2+. The second-order valence-corrected chi connectivity index (χ2v) is 7.86. The first kappa shape index (κ1) is 28.7. The number of hydrogen-bond donors (Lipinski definition) is 4. The van der Waals surface area contributed by atoms with Crippen LogP contribution in [0, 0.1) is 0 Å². The standard InChI is InChI=1S/C8H15N2O2.2CH2F3NO2S/c1-2-9-3-4-10(7-9)5-8(12)6-11;2*2-1(3,4)8(5,6)7/h3-4,7-8,11-12H,2,5-6H2,1H3;2*(H2,5,6,7)/q+1;;. The predicted molar refractivity (Wildman–Crippen MR) is 81.7 cm³/mol. The number of hydrogen-bond acceptors (Lipinski definition) is 6. The molecule has 28 heavy (non-hydrogen) atoms. The molecule has 0 saturated heterocycles. The molecule has 0 spiro atoms. The van der Waals surface area contributed by atoms with E-state index in [2.05, 4.69) is 10.3 Å². The summed E-state index contributed by atoms with van der Waals surface area (Å²) in [5.41, 5.74) is -10.6. The van der Waals surface area contributed by atoms with E-state index >= 15 is 0 Å². The molecule has 1 heterocycles. The summed E-state index contributed by atoms with van der Waals surface area (Å²) in [5, 5.41) is 25.0. The zero-order chi connectivity index (χ0) is 23.0. The monoisotopic (exact) mass is 469 g/mol. The topological polar surface area (TPSA) is 170 Å². The summed E-state index contributed by atoms with van der Waals surface area (Å²) in [6.07, 6.45) is 5.05. The van der Waals surface area contributed by atoms with Crippen LogP contribution in [-0.2, 0) is 33.1 Å². The molecule has 1 aromatic rings. The zero-order valence-corrected chi connectivity index (χ0v) is 15.7.